The Balaban J connectivity index is 1.83. The molecule has 2 aromatic rings. The minimum absolute atomic E-state index is 0.0300. The lowest BCUT2D eigenvalue weighted by Crippen LogP contribution is -2.47. The summed E-state index contributed by atoms with van der Waals surface area (Å²) >= 11 is 0. The Morgan fingerprint density at radius 1 is 1.48 bits per heavy atom. The average molecular weight is 289 g/mol. The van der Waals surface area contributed by atoms with Gasteiger partial charge in [-0.25, -0.2) is 4.79 Å². The number of hydrogen-bond acceptors (Lipinski definition) is 4. The third-order valence-electron chi connectivity index (χ3n) is 4.31. The number of H-pyrrole nitrogens is 1. The predicted molar refractivity (Wildman–Crippen MR) is 80.3 cm³/mol. The molecule has 1 atom stereocenters. The molecule has 6 nitrogen and oxygen atoms in total. The molecule has 1 aromatic heterocycles. The summed E-state index contributed by atoms with van der Waals surface area (Å²) in [5.74, 6) is -0.461. The van der Waals surface area contributed by atoms with E-state index in [0.29, 0.717) is 23.3 Å². The van der Waals surface area contributed by atoms with Gasteiger partial charge in [-0.2, -0.15) is 0 Å². The van der Waals surface area contributed by atoms with Crippen LogP contribution in [-0.2, 0) is 4.79 Å². The maximum atomic E-state index is 12.6. The lowest BCUT2D eigenvalue weighted by Gasteiger charge is -2.35. The highest BCUT2D eigenvalue weighted by Gasteiger charge is 2.37. The number of carbonyl (C=O) groups is 1. The number of fused-ring (bicyclic) bond motifs is 1. The Morgan fingerprint density at radius 2 is 2.33 bits per heavy atom. The molecule has 3 rings (SSSR count). The molecule has 112 valence electrons. The van der Waals surface area contributed by atoms with Crippen molar-refractivity contribution < 1.29 is 9.21 Å². The molecule has 1 fully saturated rings. The molecule has 21 heavy (non-hydrogen) atoms. The topological polar surface area (TPSA) is 87.1 Å². The molecule has 1 aliphatic heterocycles. The van der Waals surface area contributed by atoms with E-state index in [0.717, 1.165) is 25.8 Å². The molecule has 3 N–H and O–H groups in total. The van der Waals surface area contributed by atoms with Crippen molar-refractivity contribution in [3.05, 3.63) is 28.7 Å². The quantitative estimate of drug-likeness (QED) is 0.804. The zero-order valence-electron chi connectivity index (χ0n) is 12.0. The van der Waals surface area contributed by atoms with Crippen LogP contribution in [0.15, 0.2) is 27.4 Å². The standard InChI is InChI=1S/C15H19N3O3/c1-2-15(6-3-7-16-9-15)13(19)17-10-4-5-12-11(8-10)18-14(20)21-12/h4-5,8,16H,2-3,6-7,9H2,1H3,(H,17,19)(H,18,20). The molecule has 0 spiro atoms. The molecule has 0 saturated carbocycles. The molecule has 1 aromatic carbocycles. The first kappa shape index (κ1) is 13.9. The third-order valence-corrected chi connectivity index (χ3v) is 4.31. The second-order valence-corrected chi connectivity index (χ2v) is 5.59. The SMILES string of the molecule is CCC1(C(=O)Nc2ccc3oc(=O)[nH]c3c2)CCCNC1. The van der Waals surface area contributed by atoms with E-state index in [4.69, 9.17) is 4.42 Å². The molecule has 1 saturated heterocycles. The van der Waals surface area contributed by atoms with Gasteiger partial charge in [-0.15, -0.1) is 0 Å². The third kappa shape index (κ3) is 2.58. The van der Waals surface area contributed by atoms with Crippen LogP contribution in [0.5, 0.6) is 0 Å². The van der Waals surface area contributed by atoms with Crippen LogP contribution in [0.2, 0.25) is 0 Å². The lowest BCUT2D eigenvalue weighted by atomic mass is 9.77. The van der Waals surface area contributed by atoms with Gasteiger partial charge in [-0.05, 0) is 44.0 Å². The van der Waals surface area contributed by atoms with Crippen LogP contribution < -0.4 is 16.4 Å². The van der Waals surface area contributed by atoms with Crippen LogP contribution in [0.4, 0.5) is 5.69 Å². The average Bonchev–Trinajstić information content (AvgIpc) is 2.87. The van der Waals surface area contributed by atoms with E-state index in [1.807, 2.05) is 6.92 Å². The summed E-state index contributed by atoms with van der Waals surface area (Å²) < 4.78 is 4.95. The van der Waals surface area contributed by atoms with Crippen LogP contribution in [0, 0.1) is 5.41 Å². The zero-order chi connectivity index (χ0) is 14.9. The van der Waals surface area contributed by atoms with Crippen LogP contribution in [-0.4, -0.2) is 24.0 Å². The molecule has 0 aliphatic carbocycles. The van der Waals surface area contributed by atoms with Gasteiger partial charge in [0, 0.05) is 12.2 Å². The number of amides is 1. The number of piperidine rings is 1. The van der Waals surface area contributed by atoms with Gasteiger partial charge < -0.3 is 15.1 Å². The fraction of sp³-hybridized carbons (Fsp3) is 0.467. The molecule has 2 heterocycles. The van der Waals surface area contributed by atoms with E-state index < -0.39 is 5.76 Å². The van der Waals surface area contributed by atoms with Crippen LogP contribution >= 0.6 is 0 Å². The predicted octanol–water partition coefficient (Wildman–Crippen LogP) is 1.84. The normalized spacial score (nSPS) is 22.3. The highest BCUT2D eigenvalue weighted by molar-refractivity contribution is 5.96. The summed E-state index contributed by atoms with van der Waals surface area (Å²) in [6.07, 6.45) is 2.71. The summed E-state index contributed by atoms with van der Waals surface area (Å²) in [4.78, 5) is 26.4. The summed E-state index contributed by atoms with van der Waals surface area (Å²) in [6, 6.07) is 5.15. The fourth-order valence-electron chi connectivity index (χ4n) is 2.92. The van der Waals surface area contributed by atoms with Crippen molar-refractivity contribution >= 4 is 22.7 Å². The summed E-state index contributed by atoms with van der Waals surface area (Å²) in [5.41, 5.74) is 1.40. The number of rotatable bonds is 3. The number of benzene rings is 1. The van der Waals surface area contributed by atoms with E-state index in [2.05, 4.69) is 15.6 Å². The molecular formula is C15H19N3O3. The van der Waals surface area contributed by atoms with E-state index in [1.165, 1.54) is 0 Å². The van der Waals surface area contributed by atoms with Crippen LogP contribution in [0.3, 0.4) is 0 Å². The molecular weight excluding hydrogens is 270 g/mol. The Hall–Kier alpha value is -2.08. The molecule has 0 bridgehead atoms. The fourth-order valence-corrected chi connectivity index (χ4v) is 2.92. The number of carbonyl (C=O) groups excluding carboxylic acids is 1. The Bertz CT molecular complexity index is 710. The number of nitrogens with one attached hydrogen (secondary N) is 3. The largest absolute Gasteiger partial charge is 0.417 e. The Morgan fingerprint density at radius 3 is 3.05 bits per heavy atom. The number of aromatic nitrogens is 1. The van der Waals surface area contributed by atoms with E-state index >= 15 is 0 Å². The molecule has 1 unspecified atom stereocenters. The molecule has 0 radical (unpaired) electrons. The minimum Gasteiger partial charge on any atom is -0.408 e. The van der Waals surface area contributed by atoms with Crippen molar-refractivity contribution in [3.63, 3.8) is 0 Å². The highest BCUT2D eigenvalue weighted by Crippen LogP contribution is 2.31. The zero-order valence-corrected chi connectivity index (χ0v) is 12.0. The molecule has 1 aliphatic rings. The van der Waals surface area contributed by atoms with Crippen LogP contribution in [0.25, 0.3) is 11.1 Å². The number of oxazole rings is 1. The lowest BCUT2D eigenvalue weighted by molar-refractivity contribution is -0.126. The van der Waals surface area contributed by atoms with Gasteiger partial charge in [0.2, 0.25) is 5.91 Å². The number of hydrogen-bond donors (Lipinski definition) is 3. The maximum Gasteiger partial charge on any atom is 0.417 e. The van der Waals surface area contributed by atoms with Gasteiger partial charge in [-0.1, -0.05) is 6.92 Å². The van der Waals surface area contributed by atoms with Gasteiger partial charge in [0.15, 0.2) is 5.58 Å². The summed E-state index contributed by atoms with van der Waals surface area (Å²) in [5, 5.41) is 6.27. The van der Waals surface area contributed by atoms with Crippen molar-refractivity contribution in [2.75, 3.05) is 18.4 Å². The van der Waals surface area contributed by atoms with E-state index in [1.54, 1.807) is 18.2 Å². The van der Waals surface area contributed by atoms with Crippen LogP contribution in [0.1, 0.15) is 26.2 Å². The van der Waals surface area contributed by atoms with Crippen molar-refractivity contribution in [1.82, 2.24) is 10.3 Å². The molecule has 1 amide bonds. The van der Waals surface area contributed by atoms with E-state index in [-0.39, 0.29) is 11.3 Å². The van der Waals surface area contributed by atoms with Gasteiger partial charge in [0.1, 0.15) is 0 Å². The van der Waals surface area contributed by atoms with Crippen molar-refractivity contribution in [2.24, 2.45) is 5.41 Å². The highest BCUT2D eigenvalue weighted by atomic mass is 16.4. The first-order valence-electron chi connectivity index (χ1n) is 7.28. The van der Waals surface area contributed by atoms with Crippen molar-refractivity contribution in [2.45, 2.75) is 26.2 Å². The van der Waals surface area contributed by atoms with Crippen molar-refractivity contribution in [1.29, 1.82) is 0 Å². The van der Waals surface area contributed by atoms with E-state index in [9.17, 15) is 9.59 Å². The second-order valence-electron chi connectivity index (χ2n) is 5.59. The Labute approximate surface area is 121 Å². The minimum atomic E-state index is -0.491. The number of anilines is 1. The summed E-state index contributed by atoms with van der Waals surface area (Å²) in [6.45, 7) is 3.72. The monoisotopic (exact) mass is 289 g/mol. The second kappa shape index (κ2) is 5.37. The summed E-state index contributed by atoms with van der Waals surface area (Å²) in [7, 11) is 0. The first-order valence-corrected chi connectivity index (χ1v) is 7.28. The molecule has 6 heteroatoms. The first-order chi connectivity index (χ1) is 10.1. The van der Waals surface area contributed by atoms with Gasteiger partial charge in [-0.3, -0.25) is 9.78 Å². The van der Waals surface area contributed by atoms with Gasteiger partial charge in [0.05, 0.1) is 10.9 Å². The smallest absolute Gasteiger partial charge is 0.408 e. The van der Waals surface area contributed by atoms with Crippen molar-refractivity contribution in [3.8, 4) is 0 Å². The van der Waals surface area contributed by atoms with Gasteiger partial charge >= 0.3 is 5.76 Å². The van der Waals surface area contributed by atoms with Gasteiger partial charge in [0.25, 0.3) is 0 Å². The number of aromatic amines is 1. The Kier molecular flexibility index (Phi) is 3.55. The maximum absolute atomic E-state index is 12.6.